The summed E-state index contributed by atoms with van der Waals surface area (Å²) in [6.45, 7) is 1.90. The first kappa shape index (κ1) is 15.2. The van der Waals surface area contributed by atoms with Gasteiger partial charge in [0.05, 0.1) is 19.7 Å². The quantitative estimate of drug-likeness (QED) is 0.864. The lowest BCUT2D eigenvalue weighted by atomic mass is 9.84. The van der Waals surface area contributed by atoms with E-state index in [0.717, 1.165) is 12.8 Å². The predicted molar refractivity (Wildman–Crippen MR) is 87.9 cm³/mol. The van der Waals surface area contributed by atoms with Gasteiger partial charge >= 0.3 is 0 Å². The number of hydrogen-bond donors (Lipinski definition) is 0. The van der Waals surface area contributed by atoms with Crippen molar-refractivity contribution >= 4 is 5.91 Å². The van der Waals surface area contributed by atoms with Crippen LogP contribution in [0.3, 0.4) is 0 Å². The molecule has 2 aliphatic rings. The van der Waals surface area contributed by atoms with Gasteiger partial charge in [0.2, 0.25) is 5.88 Å². The van der Waals surface area contributed by atoms with E-state index in [1.165, 1.54) is 0 Å². The highest BCUT2D eigenvalue weighted by molar-refractivity contribution is 5.93. The van der Waals surface area contributed by atoms with E-state index in [2.05, 4.69) is 4.98 Å². The Bertz CT molecular complexity index is 722. The van der Waals surface area contributed by atoms with Crippen molar-refractivity contribution < 1.29 is 14.3 Å². The molecular formula is C18H21N3O3. The molecule has 0 radical (unpaired) electrons. The summed E-state index contributed by atoms with van der Waals surface area (Å²) in [6.07, 6.45) is 5.34. The van der Waals surface area contributed by atoms with Crippen LogP contribution >= 0.6 is 0 Å². The Morgan fingerprint density at radius 2 is 2.21 bits per heavy atom. The zero-order chi connectivity index (χ0) is 16.6. The first-order chi connectivity index (χ1) is 11.7. The molecule has 6 nitrogen and oxygen atoms in total. The second-order valence-electron chi connectivity index (χ2n) is 6.60. The molecule has 2 aromatic rings. The molecule has 0 saturated carbocycles. The number of amides is 1. The third-order valence-electron chi connectivity index (χ3n) is 4.78. The normalized spacial score (nSPS) is 22.2. The van der Waals surface area contributed by atoms with Gasteiger partial charge in [0.1, 0.15) is 17.4 Å². The van der Waals surface area contributed by atoms with Gasteiger partial charge in [-0.25, -0.2) is 4.98 Å². The highest BCUT2D eigenvalue weighted by atomic mass is 16.5. The summed E-state index contributed by atoms with van der Waals surface area (Å²) in [4.78, 5) is 18.6. The molecule has 126 valence electrons. The van der Waals surface area contributed by atoms with Crippen molar-refractivity contribution in [1.82, 2.24) is 14.5 Å². The topological polar surface area (TPSA) is 56.6 Å². The van der Waals surface area contributed by atoms with Crippen LogP contribution in [0.25, 0.3) is 0 Å². The lowest BCUT2D eigenvalue weighted by molar-refractivity contribution is -0.174. The van der Waals surface area contributed by atoms with Gasteiger partial charge in [-0.3, -0.25) is 4.79 Å². The van der Waals surface area contributed by atoms with Crippen LogP contribution in [0.1, 0.15) is 23.3 Å². The molecule has 0 N–H and O–H groups in total. The second kappa shape index (κ2) is 5.94. The van der Waals surface area contributed by atoms with Gasteiger partial charge in [-0.1, -0.05) is 6.07 Å². The average molecular weight is 327 g/mol. The molecule has 0 aromatic carbocycles. The van der Waals surface area contributed by atoms with Crippen LogP contribution in [-0.2, 0) is 11.8 Å². The van der Waals surface area contributed by atoms with Gasteiger partial charge in [0.15, 0.2) is 0 Å². The molecule has 1 atom stereocenters. The fourth-order valence-electron chi connectivity index (χ4n) is 3.53. The number of hydrogen-bond acceptors (Lipinski definition) is 4. The monoisotopic (exact) mass is 327 g/mol. The number of aromatic nitrogens is 2. The number of carbonyl (C=O) groups excluding carboxylic acids is 1. The van der Waals surface area contributed by atoms with E-state index in [9.17, 15) is 4.79 Å². The fraction of sp³-hybridized carbons (Fsp3) is 0.444. The van der Waals surface area contributed by atoms with E-state index in [1.54, 1.807) is 6.20 Å². The molecule has 4 heterocycles. The highest BCUT2D eigenvalue weighted by Gasteiger charge is 2.50. The number of ether oxygens (including phenoxy) is 2. The van der Waals surface area contributed by atoms with Crippen molar-refractivity contribution in [3.8, 4) is 5.88 Å². The molecule has 2 aliphatic heterocycles. The van der Waals surface area contributed by atoms with E-state index < -0.39 is 0 Å². The van der Waals surface area contributed by atoms with Gasteiger partial charge in [0.25, 0.3) is 5.91 Å². The lowest BCUT2D eigenvalue weighted by Crippen LogP contribution is -2.67. The molecule has 24 heavy (non-hydrogen) atoms. The van der Waals surface area contributed by atoms with Crippen LogP contribution in [0.4, 0.5) is 0 Å². The minimum atomic E-state index is -0.265. The zero-order valence-electron chi connectivity index (χ0n) is 13.7. The Morgan fingerprint density at radius 3 is 2.92 bits per heavy atom. The molecule has 1 spiro atoms. The number of pyridine rings is 1. The zero-order valence-corrected chi connectivity index (χ0v) is 13.7. The van der Waals surface area contributed by atoms with Gasteiger partial charge in [-0.05, 0) is 18.2 Å². The number of rotatable bonds is 3. The molecule has 2 aromatic heterocycles. The van der Waals surface area contributed by atoms with E-state index >= 15 is 0 Å². The molecule has 1 amide bonds. The van der Waals surface area contributed by atoms with Crippen LogP contribution in [0.2, 0.25) is 0 Å². The summed E-state index contributed by atoms with van der Waals surface area (Å²) in [5.74, 6) is 0.708. The molecule has 6 heteroatoms. The highest BCUT2D eigenvalue weighted by Crippen LogP contribution is 2.36. The number of aryl methyl sites for hydroxylation is 1. The van der Waals surface area contributed by atoms with Gasteiger partial charge in [-0.15, -0.1) is 0 Å². The molecule has 2 fully saturated rings. The maximum Gasteiger partial charge on any atom is 0.270 e. The van der Waals surface area contributed by atoms with E-state index in [0.29, 0.717) is 31.3 Å². The van der Waals surface area contributed by atoms with Crippen LogP contribution in [0.15, 0.2) is 42.7 Å². The van der Waals surface area contributed by atoms with Crippen molar-refractivity contribution in [2.24, 2.45) is 7.05 Å². The number of likely N-dealkylation sites (tertiary alicyclic amines) is 1. The predicted octanol–water partition coefficient (Wildman–Crippen LogP) is 1.87. The van der Waals surface area contributed by atoms with Gasteiger partial charge in [-0.2, -0.15) is 0 Å². The van der Waals surface area contributed by atoms with Gasteiger partial charge in [0, 0.05) is 38.3 Å². The molecule has 4 rings (SSSR count). The summed E-state index contributed by atoms with van der Waals surface area (Å²) in [5.41, 5.74) is 0.445. The summed E-state index contributed by atoms with van der Waals surface area (Å²) in [6, 6.07) is 9.39. The van der Waals surface area contributed by atoms with Crippen LogP contribution < -0.4 is 4.74 Å². The van der Waals surface area contributed by atoms with Crippen molar-refractivity contribution in [1.29, 1.82) is 0 Å². The van der Waals surface area contributed by atoms with Crippen molar-refractivity contribution in [3.63, 3.8) is 0 Å². The fourth-order valence-corrected chi connectivity index (χ4v) is 3.53. The standard InChI is InChI=1S/C18H21N3O3/c1-20-9-4-5-15(20)17(22)21-12-18(13-21)11-14(7-10-23-18)24-16-6-2-3-8-19-16/h2-6,8-9,14H,7,10-13H2,1H3. The first-order valence-electron chi connectivity index (χ1n) is 8.27. The molecule has 0 aliphatic carbocycles. The summed E-state index contributed by atoms with van der Waals surface area (Å²) >= 11 is 0. The Hall–Kier alpha value is -2.34. The minimum Gasteiger partial charge on any atom is -0.474 e. The average Bonchev–Trinajstić information content (AvgIpc) is 2.99. The van der Waals surface area contributed by atoms with E-state index in [-0.39, 0.29) is 17.6 Å². The smallest absolute Gasteiger partial charge is 0.270 e. The minimum absolute atomic E-state index is 0.0597. The number of nitrogens with zero attached hydrogens (tertiary/aromatic N) is 3. The van der Waals surface area contributed by atoms with Crippen molar-refractivity contribution in [3.05, 3.63) is 48.4 Å². The van der Waals surface area contributed by atoms with E-state index in [1.807, 2.05) is 53.0 Å². The Balaban J connectivity index is 1.37. The van der Waals surface area contributed by atoms with Crippen LogP contribution in [-0.4, -0.2) is 51.8 Å². The molecular weight excluding hydrogens is 306 g/mol. The van der Waals surface area contributed by atoms with Crippen molar-refractivity contribution in [2.75, 3.05) is 19.7 Å². The van der Waals surface area contributed by atoms with E-state index in [4.69, 9.17) is 9.47 Å². The van der Waals surface area contributed by atoms with Gasteiger partial charge < -0.3 is 18.9 Å². The molecule has 2 saturated heterocycles. The first-order valence-corrected chi connectivity index (χ1v) is 8.27. The second-order valence-corrected chi connectivity index (χ2v) is 6.60. The third kappa shape index (κ3) is 2.78. The van der Waals surface area contributed by atoms with Crippen LogP contribution in [0.5, 0.6) is 5.88 Å². The lowest BCUT2D eigenvalue weighted by Gasteiger charge is -2.52. The number of carbonyl (C=O) groups is 1. The molecule has 0 bridgehead atoms. The van der Waals surface area contributed by atoms with Crippen LogP contribution in [0, 0.1) is 0 Å². The Morgan fingerprint density at radius 1 is 1.33 bits per heavy atom. The summed E-state index contributed by atoms with van der Waals surface area (Å²) < 4.78 is 13.8. The third-order valence-corrected chi connectivity index (χ3v) is 4.78. The van der Waals surface area contributed by atoms with Crippen molar-refractivity contribution in [2.45, 2.75) is 24.5 Å². The molecule has 1 unspecified atom stereocenters. The maximum atomic E-state index is 12.5. The maximum absolute atomic E-state index is 12.5. The summed E-state index contributed by atoms with van der Waals surface area (Å²) in [7, 11) is 1.89. The summed E-state index contributed by atoms with van der Waals surface area (Å²) in [5, 5.41) is 0. The Kier molecular flexibility index (Phi) is 3.76. The SMILES string of the molecule is Cn1cccc1C(=O)N1CC2(CC(Oc3ccccn3)CCO2)C1. The largest absolute Gasteiger partial charge is 0.474 e. The Labute approximate surface area is 141 Å².